The normalized spacial score (nSPS) is 18.5. The fourth-order valence-electron chi connectivity index (χ4n) is 2.01. The maximum Gasteiger partial charge on any atom is 0.416 e. The maximum atomic E-state index is 12.6. The van der Waals surface area contributed by atoms with Gasteiger partial charge in [-0.15, -0.1) is 0 Å². The standard InChI is InChI=1S/C13H18F3N3/c1-18-5-7-19(8-6-18)10-17-12-4-2-3-11(9-12)13(14,15)16/h2-4,9,17H,5-8,10H2,1H3. The molecule has 0 saturated carbocycles. The van der Waals surface area contributed by atoms with Crippen molar-refractivity contribution in [3.8, 4) is 0 Å². The predicted octanol–water partition coefficient (Wildman–Crippen LogP) is 2.32. The monoisotopic (exact) mass is 273 g/mol. The summed E-state index contributed by atoms with van der Waals surface area (Å²) in [6, 6.07) is 5.32. The zero-order chi connectivity index (χ0) is 13.9. The molecular formula is C13H18F3N3. The number of hydrogen-bond donors (Lipinski definition) is 1. The van der Waals surface area contributed by atoms with Gasteiger partial charge in [-0.05, 0) is 25.2 Å². The van der Waals surface area contributed by atoms with Gasteiger partial charge in [-0.2, -0.15) is 13.2 Å². The lowest BCUT2D eigenvalue weighted by Crippen LogP contribution is -2.46. The third-order valence-corrected chi connectivity index (χ3v) is 3.29. The molecule has 0 aliphatic carbocycles. The molecule has 0 atom stereocenters. The highest BCUT2D eigenvalue weighted by Gasteiger charge is 2.30. The van der Waals surface area contributed by atoms with Crippen LogP contribution in [0.3, 0.4) is 0 Å². The molecule has 0 bridgehead atoms. The SMILES string of the molecule is CN1CCN(CNc2cccc(C(F)(F)F)c2)CC1. The van der Waals surface area contributed by atoms with E-state index in [-0.39, 0.29) is 0 Å². The topological polar surface area (TPSA) is 18.5 Å². The molecule has 0 spiro atoms. The van der Waals surface area contributed by atoms with Crippen LogP contribution in [0.4, 0.5) is 18.9 Å². The second kappa shape index (κ2) is 5.79. The van der Waals surface area contributed by atoms with Gasteiger partial charge in [0.15, 0.2) is 0 Å². The zero-order valence-electron chi connectivity index (χ0n) is 10.9. The molecule has 0 amide bonds. The molecule has 6 heteroatoms. The molecule has 0 radical (unpaired) electrons. The maximum absolute atomic E-state index is 12.6. The number of anilines is 1. The van der Waals surface area contributed by atoms with E-state index in [1.165, 1.54) is 6.07 Å². The Morgan fingerprint density at radius 1 is 1.16 bits per heavy atom. The molecule has 1 aromatic rings. The minimum atomic E-state index is -4.29. The van der Waals surface area contributed by atoms with E-state index < -0.39 is 11.7 Å². The molecule has 3 nitrogen and oxygen atoms in total. The molecule has 1 aliphatic heterocycles. The van der Waals surface area contributed by atoms with Crippen molar-refractivity contribution in [1.29, 1.82) is 0 Å². The van der Waals surface area contributed by atoms with Gasteiger partial charge in [0.05, 0.1) is 12.2 Å². The molecule has 0 aromatic heterocycles. The summed E-state index contributed by atoms with van der Waals surface area (Å²) in [5, 5.41) is 3.05. The summed E-state index contributed by atoms with van der Waals surface area (Å²) in [5.41, 5.74) is -0.107. The van der Waals surface area contributed by atoms with Crippen LogP contribution >= 0.6 is 0 Å². The van der Waals surface area contributed by atoms with Gasteiger partial charge >= 0.3 is 6.18 Å². The first-order valence-electron chi connectivity index (χ1n) is 6.27. The van der Waals surface area contributed by atoms with Gasteiger partial charge in [0.25, 0.3) is 0 Å². The average Bonchev–Trinajstić information content (AvgIpc) is 2.37. The van der Waals surface area contributed by atoms with Crippen LogP contribution in [0.25, 0.3) is 0 Å². The Kier molecular flexibility index (Phi) is 4.31. The van der Waals surface area contributed by atoms with E-state index in [1.54, 1.807) is 6.07 Å². The molecule has 106 valence electrons. The van der Waals surface area contributed by atoms with Crippen LogP contribution in [0.2, 0.25) is 0 Å². The van der Waals surface area contributed by atoms with Crippen LogP contribution in [-0.2, 0) is 6.18 Å². The zero-order valence-corrected chi connectivity index (χ0v) is 10.9. The molecule has 1 aliphatic rings. The summed E-state index contributed by atoms with van der Waals surface area (Å²) < 4.78 is 37.7. The quantitative estimate of drug-likeness (QED) is 0.912. The number of alkyl halides is 3. The largest absolute Gasteiger partial charge is 0.416 e. The second-order valence-electron chi connectivity index (χ2n) is 4.83. The third kappa shape index (κ3) is 4.11. The lowest BCUT2D eigenvalue weighted by atomic mass is 10.2. The number of hydrogen-bond acceptors (Lipinski definition) is 3. The van der Waals surface area contributed by atoms with Crippen LogP contribution in [0.5, 0.6) is 0 Å². The minimum absolute atomic E-state index is 0.508. The highest BCUT2D eigenvalue weighted by molar-refractivity contribution is 5.46. The first kappa shape index (κ1) is 14.1. The van der Waals surface area contributed by atoms with E-state index in [0.29, 0.717) is 12.4 Å². The fourth-order valence-corrected chi connectivity index (χ4v) is 2.01. The lowest BCUT2D eigenvalue weighted by molar-refractivity contribution is -0.137. The molecule has 1 aromatic carbocycles. The Hall–Kier alpha value is -1.27. The number of rotatable bonds is 3. The highest BCUT2D eigenvalue weighted by Crippen LogP contribution is 2.30. The Labute approximate surface area is 111 Å². The molecule has 1 fully saturated rings. The lowest BCUT2D eigenvalue weighted by Gasteiger charge is -2.32. The van der Waals surface area contributed by atoms with Gasteiger partial charge in [0.1, 0.15) is 0 Å². The molecule has 1 N–H and O–H groups in total. The smallest absolute Gasteiger partial charge is 0.372 e. The number of halogens is 3. The minimum Gasteiger partial charge on any atom is -0.372 e. The van der Waals surface area contributed by atoms with Crippen molar-refractivity contribution in [2.24, 2.45) is 0 Å². The van der Waals surface area contributed by atoms with Crippen molar-refractivity contribution >= 4 is 5.69 Å². The van der Waals surface area contributed by atoms with Crippen molar-refractivity contribution in [3.63, 3.8) is 0 Å². The Bertz CT molecular complexity index is 412. The first-order valence-corrected chi connectivity index (χ1v) is 6.27. The van der Waals surface area contributed by atoms with Crippen molar-refractivity contribution in [2.45, 2.75) is 6.18 Å². The fraction of sp³-hybridized carbons (Fsp3) is 0.538. The number of likely N-dealkylation sites (N-methyl/N-ethyl adjacent to an activating group) is 1. The van der Waals surface area contributed by atoms with Crippen LogP contribution in [0.15, 0.2) is 24.3 Å². The Morgan fingerprint density at radius 3 is 2.47 bits per heavy atom. The van der Waals surface area contributed by atoms with Gasteiger partial charge in [0.2, 0.25) is 0 Å². The summed E-state index contributed by atoms with van der Waals surface area (Å²) in [7, 11) is 2.07. The summed E-state index contributed by atoms with van der Waals surface area (Å²) in [6.45, 7) is 4.43. The van der Waals surface area contributed by atoms with Gasteiger partial charge in [-0.3, -0.25) is 4.90 Å². The van der Waals surface area contributed by atoms with E-state index >= 15 is 0 Å². The summed E-state index contributed by atoms with van der Waals surface area (Å²) in [6.07, 6.45) is -4.29. The van der Waals surface area contributed by atoms with Gasteiger partial charge in [0, 0.05) is 31.9 Å². The van der Waals surface area contributed by atoms with Crippen molar-refractivity contribution < 1.29 is 13.2 Å². The average molecular weight is 273 g/mol. The molecule has 2 rings (SSSR count). The van der Waals surface area contributed by atoms with E-state index in [9.17, 15) is 13.2 Å². The number of nitrogens with zero attached hydrogens (tertiary/aromatic N) is 2. The molecular weight excluding hydrogens is 255 g/mol. The highest BCUT2D eigenvalue weighted by atomic mass is 19.4. The van der Waals surface area contributed by atoms with Gasteiger partial charge < -0.3 is 10.2 Å². The Morgan fingerprint density at radius 2 is 1.84 bits per heavy atom. The third-order valence-electron chi connectivity index (χ3n) is 3.29. The molecule has 19 heavy (non-hydrogen) atoms. The number of benzene rings is 1. The number of piperazine rings is 1. The van der Waals surface area contributed by atoms with Crippen molar-refractivity contribution in [2.75, 3.05) is 45.2 Å². The van der Waals surface area contributed by atoms with Crippen molar-refractivity contribution in [1.82, 2.24) is 9.80 Å². The van der Waals surface area contributed by atoms with E-state index in [2.05, 4.69) is 22.2 Å². The molecule has 1 saturated heterocycles. The van der Waals surface area contributed by atoms with Gasteiger partial charge in [-0.1, -0.05) is 6.07 Å². The van der Waals surface area contributed by atoms with Crippen LogP contribution in [0, 0.1) is 0 Å². The van der Waals surface area contributed by atoms with Gasteiger partial charge in [-0.25, -0.2) is 0 Å². The predicted molar refractivity (Wildman–Crippen MR) is 69.0 cm³/mol. The van der Waals surface area contributed by atoms with Crippen LogP contribution in [0.1, 0.15) is 5.56 Å². The van der Waals surface area contributed by atoms with E-state index in [1.807, 2.05) is 0 Å². The van der Waals surface area contributed by atoms with Crippen LogP contribution in [-0.4, -0.2) is 49.7 Å². The van der Waals surface area contributed by atoms with E-state index in [0.717, 1.165) is 38.3 Å². The number of nitrogens with one attached hydrogen (secondary N) is 1. The molecule has 1 heterocycles. The van der Waals surface area contributed by atoms with E-state index in [4.69, 9.17) is 0 Å². The van der Waals surface area contributed by atoms with Crippen molar-refractivity contribution in [3.05, 3.63) is 29.8 Å². The Balaban J connectivity index is 1.89. The summed E-state index contributed by atoms with van der Waals surface area (Å²) >= 11 is 0. The summed E-state index contributed by atoms with van der Waals surface area (Å²) in [4.78, 5) is 4.43. The molecule has 0 unspecified atom stereocenters. The van der Waals surface area contributed by atoms with Crippen LogP contribution < -0.4 is 5.32 Å². The second-order valence-corrected chi connectivity index (χ2v) is 4.83. The summed E-state index contributed by atoms with van der Waals surface area (Å²) in [5.74, 6) is 0. The first-order chi connectivity index (χ1) is 8.95.